The second-order valence-electron chi connectivity index (χ2n) is 4.66. The van der Waals surface area contributed by atoms with Gasteiger partial charge in [0.25, 0.3) is 0 Å². The van der Waals surface area contributed by atoms with Crippen molar-refractivity contribution in [2.24, 2.45) is 0 Å². The van der Waals surface area contributed by atoms with Crippen molar-refractivity contribution in [1.82, 2.24) is 4.90 Å². The molecule has 2 rings (SSSR count). The largest absolute Gasteiger partial charge is 0.504 e. The maximum atomic E-state index is 10.1. The van der Waals surface area contributed by atoms with Crippen molar-refractivity contribution in [2.75, 3.05) is 13.2 Å². The van der Waals surface area contributed by atoms with Gasteiger partial charge in [-0.2, -0.15) is 0 Å². The fraction of sp³-hybridized carbons (Fsp3) is 0.571. The number of likely N-dealkylation sites (tertiary alicyclic amines) is 1. The summed E-state index contributed by atoms with van der Waals surface area (Å²) in [6, 6.07) is 6.35. The van der Waals surface area contributed by atoms with Gasteiger partial charge in [-0.05, 0) is 39.3 Å². The number of phenolic OH excluding ortho intramolecular Hbond substituents is 1. The van der Waals surface area contributed by atoms with Crippen LogP contribution in [0, 0.1) is 0 Å². The molecule has 94 valence electrons. The molecule has 1 saturated heterocycles. The van der Waals surface area contributed by atoms with Crippen LogP contribution in [0.5, 0.6) is 11.5 Å². The average Bonchev–Trinajstić information content (AvgIpc) is 2.70. The highest BCUT2D eigenvalue weighted by atomic mass is 16.5. The summed E-state index contributed by atoms with van der Waals surface area (Å²) in [7, 11) is 0. The summed E-state index contributed by atoms with van der Waals surface area (Å²) in [6.45, 7) is 6.69. The first-order valence-corrected chi connectivity index (χ1v) is 6.40. The van der Waals surface area contributed by atoms with Crippen LogP contribution in [0.3, 0.4) is 0 Å². The molecule has 3 heteroatoms. The SMILES string of the molecule is CCOc1cccc(CN2CCCC2C)c1O. The highest BCUT2D eigenvalue weighted by Crippen LogP contribution is 2.32. The second-order valence-corrected chi connectivity index (χ2v) is 4.66. The Balaban J connectivity index is 2.12. The van der Waals surface area contributed by atoms with Crippen LogP contribution in [0.4, 0.5) is 0 Å². The summed E-state index contributed by atoms with van der Waals surface area (Å²) in [5.74, 6) is 0.894. The van der Waals surface area contributed by atoms with Gasteiger partial charge < -0.3 is 9.84 Å². The van der Waals surface area contributed by atoms with Crippen LogP contribution in [0.25, 0.3) is 0 Å². The van der Waals surface area contributed by atoms with Gasteiger partial charge in [0.15, 0.2) is 11.5 Å². The fourth-order valence-electron chi connectivity index (χ4n) is 2.41. The summed E-state index contributed by atoms with van der Waals surface area (Å²) in [6.07, 6.45) is 2.51. The zero-order valence-corrected chi connectivity index (χ0v) is 10.6. The van der Waals surface area contributed by atoms with Crippen LogP contribution in [0.1, 0.15) is 32.3 Å². The molecule has 1 aromatic rings. The summed E-state index contributed by atoms with van der Waals surface area (Å²) >= 11 is 0. The van der Waals surface area contributed by atoms with E-state index in [2.05, 4.69) is 11.8 Å². The first-order chi connectivity index (χ1) is 8.22. The van der Waals surface area contributed by atoms with Gasteiger partial charge in [-0.15, -0.1) is 0 Å². The summed E-state index contributed by atoms with van der Waals surface area (Å²) in [4.78, 5) is 2.41. The summed E-state index contributed by atoms with van der Waals surface area (Å²) < 4.78 is 5.40. The number of rotatable bonds is 4. The predicted octanol–water partition coefficient (Wildman–Crippen LogP) is 2.78. The van der Waals surface area contributed by atoms with E-state index in [-0.39, 0.29) is 0 Å². The van der Waals surface area contributed by atoms with E-state index >= 15 is 0 Å². The number of hydrogen-bond acceptors (Lipinski definition) is 3. The van der Waals surface area contributed by atoms with Crippen molar-refractivity contribution in [1.29, 1.82) is 0 Å². The maximum absolute atomic E-state index is 10.1. The van der Waals surface area contributed by atoms with E-state index in [1.165, 1.54) is 12.8 Å². The number of para-hydroxylation sites is 1. The number of aromatic hydroxyl groups is 1. The zero-order valence-electron chi connectivity index (χ0n) is 10.6. The molecule has 0 radical (unpaired) electrons. The van der Waals surface area contributed by atoms with E-state index in [9.17, 15) is 5.11 Å². The Labute approximate surface area is 103 Å². The first kappa shape index (κ1) is 12.2. The van der Waals surface area contributed by atoms with E-state index in [1.807, 2.05) is 25.1 Å². The molecule has 1 fully saturated rings. The number of phenols is 1. The molecule has 1 atom stereocenters. The lowest BCUT2D eigenvalue weighted by molar-refractivity contribution is 0.254. The molecule has 0 amide bonds. The molecule has 1 aliphatic heterocycles. The molecule has 0 saturated carbocycles. The zero-order chi connectivity index (χ0) is 12.3. The lowest BCUT2D eigenvalue weighted by Crippen LogP contribution is -2.26. The van der Waals surface area contributed by atoms with Crippen LogP contribution in [0.15, 0.2) is 18.2 Å². The molecule has 1 aliphatic rings. The van der Waals surface area contributed by atoms with Crippen molar-refractivity contribution in [3.8, 4) is 11.5 Å². The number of nitrogens with zero attached hydrogens (tertiary/aromatic N) is 1. The van der Waals surface area contributed by atoms with E-state index in [0.29, 0.717) is 24.1 Å². The average molecular weight is 235 g/mol. The van der Waals surface area contributed by atoms with Crippen molar-refractivity contribution in [2.45, 2.75) is 39.3 Å². The predicted molar refractivity (Wildman–Crippen MR) is 68.4 cm³/mol. The molecule has 1 unspecified atom stereocenters. The van der Waals surface area contributed by atoms with Crippen LogP contribution < -0.4 is 4.74 Å². The number of benzene rings is 1. The molecule has 0 spiro atoms. The molecule has 1 heterocycles. The number of ether oxygens (including phenoxy) is 1. The van der Waals surface area contributed by atoms with Crippen LogP contribution in [-0.4, -0.2) is 29.2 Å². The lowest BCUT2D eigenvalue weighted by atomic mass is 10.1. The highest BCUT2D eigenvalue weighted by Gasteiger charge is 2.21. The minimum absolute atomic E-state index is 0.299. The maximum Gasteiger partial charge on any atom is 0.162 e. The molecule has 17 heavy (non-hydrogen) atoms. The summed E-state index contributed by atoms with van der Waals surface area (Å²) in [5, 5.41) is 10.1. The Morgan fingerprint density at radius 3 is 2.94 bits per heavy atom. The third-order valence-electron chi connectivity index (χ3n) is 3.45. The Hall–Kier alpha value is -1.22. The van der Waals surface area contributed by atoms with E-state index in [0.717, 1.165) is 18.7 Å². The molecule has 3 nitrogen and oxygen atoms in total. The van der Waals surface area contributed by atoms with E-state index in [4.69, 9.17) is 4.74 Å². The normalized spacial score (nSPS) is 20.7. The first-order valence-electron chi connectivity index (χ1n) is 6.40. The standard InChI is InChI=1S/C14H21NO2/c1-3-17-13-8-4-7-12(14(13)16)10-15-9-5-6-11(15)2/h4,7-8,11,16H,3,5-6,9-10H2,1-2H3. The summed E-state index contributed by atoms with van der Waals surface area (Å²) in [5.41, 5.74) is 0.963. The van der Waals surface area contributed by atoms with Gasteiger partial charge in [0.05, 0.1) is 6.61 Å². The minimum atomic E-state index is 0.299. The Bertz CT molecular complexity index is 378. The number of hydrogen-bond donors (Lipinski definition) is 1. The smallest absolute Gasteiger partial charge is 0.162 e. The monoisotopic (exact) mass is 235 g/mol. The quantitative estimate of drug-likeness (QED) is 0.871. The second kappa shape index (κ2) is 5.41. The molecule has 1 aromatic carbocycles. The Morgan fingerprint density at radius 2 is 2.29 bits per heavy atom. The molecule has 0 aromatic heterocycles. The van der Waals surface area contributed by atoms with Crippen LogP contribution in [0.2, 0.25) is 0 Å². The molecule has 0 bridgehead atoms. The van der Waals surface area contributed by atoms with Gasteiger partial charge in [0.1, 0.15) is 0 Å². The van der Waals surface area contributed by atoms with Gasteiger partial charge in [-0.3, -0.25) is 4.90 Å². The van der Waals surface area contributed by atoms with Crippen molar-refractivity contribution in [3.05, 3.63) is 23.8 Å². The Kier molecular flexibility index (Phi) is 3.89. The van der Waals surface area contributed by atoms with Gasteiger partial charge in [0.2, 0.25) is 0 Å². The van der Waals surface area contributed by atoms with Crippen molar-refractivity contribution < 1.29 is 9.84 Å². The molecule has 0 aliphatic carbocycles. The van der Waals surface area contributed by atoms with Gasteiger partial charge in [-0.1, -0.05) is 12.1 Å². The van der Waals surface area contributed by atoms with E-state index in [1.54, 1.807) is 0 Å². The molecule has 1 N–H and O–H groups in total. The Morgan fingerprint density at radius 1 is 1.47 bits per heavy atom. The molecular formula is C14H21NO2. The minimum Gasteiger partial charge on any atom is -0.504 e. The van der Waals surface area contributed by atoms with Crippen LogP contribution in [-0.2, 0) is 6.54 Å². The van der Waals surface area contributed by atoms with Crippen molar-refractivity contribution >= 4 is 0 Å². The van der Waals surface area contributed by atoms with Crippen LogP contribution >= 0.6 is 0 Å². The van der Waals surface area contributed by atoms with Gasteiger partial charge in [-0.25, -0.2) is 0 Å². The van der Waals surface area contributed by atoms with Gasteiger partial charge >= 0.3 is 0 Å². The third-order valence-corrected chi connectivity index (χ3v) is 3.45. The third kappa shape index (κ3) is 2.72. The molecular weight excluding hydrogens is 214 g/mol. The fourth-order valence-corrected chi connectivity index (χ4v) is 2.41. The van der Waals surface area contributed by atoms with Gasteiger partial charge in [0, 0.05) is 18.2 Å². The lowest BCUT2D eigenvalue weighted by Gasteiger charge is -2.21. The topological polar surface area (TPSA) is 32.7 Å². The highest BCUT2D eigenvalue weighted by molar-refractivity contribution is 5.45. The van der Waals surface area contributed by atoms with E-state index < -0.39 is 0 Å². The van der Waals surface area contributed by atoms with Crippen molar-refractivity contribution in [3.63, 3.8) is 0 Å².